The van der Waals surface area contributed by atoms with Crippen LogP contribution in [0.25, 0.3) is 0 Å². The van der Waals surface area contributed by atoms with E-state index in [9.17, 15) is 0 Å². The Labute approximate surface area is 92.7 Å². The third kappa shape index (κ3) is 1.90. The summed E-state index contributed by atoms with van der Waals surface area (Å²) in [5, 5.41) is 0. The molecule has 1 saturated carbocycles. The van der Waals surface area contributed by atoms with E-state index in [2.05, 4.69) is 37.7 Å². The molecule has 3 nitrogen and oxygen atoms in total. The summed E-state index contributed by atoms with van der Waals surface area (Å²) in [6.45, 7) is 5.11. The zero-order valence-electron chi connectivity index (χ0n) is 8.50. The molecule has 1 aliphatic carbocycles. The normalized spacial score (nSPS) is 15.6. The number of aryl methyl sites for hydroxylation is 1. The average Bonchev–Trinajstić information content (AvgIpc) is 2.96. The van der Waals surface area contributed by atoms with Crippen molar-refractivity contribution < 1.29 is 0 Å². The standard InChI is InChI=1S/C10H14BrN3/c1-3-14(8-4-5-8)10-9(11)6-12-7(2)13-10/h6,8H,3-5H2,1-2H3. The second kappa shape index (κ2) is 3.85. The Morgan fingerprint density at radius 1 is 1.57 bits per heavy atom. The van der Waals surface area contributed by atoms with Gasteiger partial charge in [-0.15, -0.1) is 0 Å². The molecule has 76 valence electrons. The molecule has 0 saturated heterocycles. The minimum absolute atomic E-state index is 0.700. The largest absolute Gasteiger partial charge is 0.353 e. The molecule has 14 heavy (non-hydrogen) atoms. The molecule has 0 aromatic carbocycles. The molecule has 0 bridgehead atoms. The molecule has 0 unspecified atom stereocenters. The second-order valence-electron chi connectivity index (χ2n) is 3.61. The number of hydrogen-bond donors (Lipinski definition) is 0. The highest BCUT2D eigenvalue weighted by Crippen LogP contribution is 2.33. The highest BCUT2D eigenvalue weighted by atomic mass is 79.9. The molecule has 0 N–H and O–H groups in total. The fraction of sp³-hybridized carbons (Fsp3) is 0.600. The predicted octanol–water partition coefficient (Wildman–Crippen LogP) is 2.54. The lowest BCUT2D eigenvalue weighted by Gasteiger charge is -2.22. The number of halogens is 1. The van der Waals surface area contributed by atoms with Crippen molar-refractivity contribution in [3.05, 3.63) is 16.5 Å². The van der Waals surface area contributed by atoms with Gasteiger partial charge in [-0.1, -0.05) is 0 Å². The smallest absolute Gasteiger partial charge is 0.146 e. The maximum atomic E-state index is 4.47. The molecule has 1 fully saturated rings. The summed E-state index contributed by atoms with van der Waals surface area (Å²) in [4.78, 5) is 11.0. The highest BCUT2D eigenvalue weighted by molar-refractivity contribution is 9.10. The summed E-state index contributed by atoms with van der Waals surface area (Å²) in [6, 6.07) is 0.700. The Morgan fingerprint density at radius 2 is 2.29 bits per heavy atom. The molecule has 4 heteroatoms. The van der Waals surface area contributed by atoms with E-state index in [4.69, 9.17) is 0 Å². The Bertz CT molecular complexity index is 336. The van der Waals surface area contributed by atoms with E-state index in [1.807, 2.05) is 13.1 Å². The number of hydrogen-bond acceptors (Lipinski definition) is 3. The number of aromatic nitrogens is 2. The highest BCUT2D eigenvalue weighted by Gasteiger charge is 2.30. The van der Waals surface area contributed by atoms with E-state index >= 15 is 0 Å². The summed E-state index contributed by atoms with van der Waals surface area (Å²) in [7, 11) is 0. The predicted molar refractivity (Wildman–Crippen MR) is 60.5 cm³/mol. The third-order valence-electron chi connectivity index (χ3n) is 2.45. The maximum absolute atomic E-state index is 4.47. The van der Waals surface area contributed by atoms with Crippen LogP contribution in [0.1, 0.15) is 25.6 Å². The summed E-state index contributed by atoms with van der Waals surface area (Å²) >= 11 is 3.50. The molecule has 1 heterocycles. The van der Waals surface area contributed by atoms with Gasteiger partial charge in [-0.05, 0) is 42.6 Å². The van der Waals surface area contributed by atoms with Gasteiger partial charge in [-0.2, -0.15) is 0 Å². The Hall–Kier alpha value is -0.640. The van der Waals surface area contributed by atoms with E-state index in [0.29, 0.717) is 6.04 Å². The van der Waals surface area contributed by atoms with E-state index in [1.165, 1.54) is 12.8 Å². The first kappa shape index (κ1) is 9.90. The van der Waals surface area contributed by atoms with Gasteiger partial charge in [-0.25, -0.2) is 9.97 Å². The minimum Gasteiger partial charge on any atom is -0.353 e. The lowest BCUT2D eigenvalue weighted by molar-refractivity contribution is 0.796. The lowest BCUT2D eigenvalue weighted by Crippen LogP contribution is -2.26. The van der Waals surface area contributed by atoms with Crippen molar-refractivity contribution in [3.63, 3.8) is 0 Å². The van der Waals surface area contributed by atoms with Gasteiger partial charge in [0.2, 0.25) is 0 Å². The van der Waals surface area contributed by atoms with Crippen LogP contribution in [0.4, 0.5) is 5.82 Å². The summed E-state index contributed by atoms with van der Waals surface area (Å²) in [5.41, 5.74) is 0. The van der Waals surface area contributed by atoms with Gasteiger partial charge in [0.05, 0.1) is 4.47 Å². The van der Waals surface area contributed by atoms with Gasteiger partial charge in [0.15, 0.2) is 0 Å². The molecule has 1 aliphatic rings. The Kier molecular flexibility index (Phi) is 2.72. The molecule has 1 aromatic heterocycles. The van der Waals surface area contributed by atoms with Crippen LogP contribution in [0.5, 0.6) is 0 Å². The fourth-order valence-electron chi connectivity index (χ4n) is 1.61. The SMILES string of the molecule is CCN(c1nc(C)ncc1Br)C1CC1. The molecule has 0 radical (unpaired) electrons. The van der Waals surface area contributed by atoms with Crippen molar-refractivity contribution in [2.24, 2.45) is 0 Å². The van der Waals surface area contributed by atoms with Crippen molar-refractivity contribution in [2.45, 2.75) is 32.7 Å². The van der Waals surface area contributed by atoms with E-state index < -0.39 is 0 Å². The monoisotopic (exact) mass is 255 g/mol. The minimum atomic E-state index is 0.700. The molecule has 2 rings (SSSR count). The van der Waals surface area contributed by atoms with Crippen LogP contribution in [0.15, 0.2) is 10.7 Å². The van der Waals surface area contributed by atoms with E-state index in [0.717, 1.165) is 22.7 Å². The third-order valence-corrected chi connectivity index (χ3v) is 3.01. The zero-order chi connectivity index (χ0) is 10.1. The lowest BCUT2D eigenvalue weighted by atomic mass is 10.4. The summed E-state index contributed by atoms with van der Waals surface area (Å²) < 4.78 is 0.997. The quantitative estimate of drug-likeness (QED) is 0.832. The average molecular weight is 256 g/mol. The van der Waals surface area contributed by atoms with Crippen LogP contribution in [0.2, 0.25) is 0 Å². The second-order valence-corrected chi connectivity index (χ2v) is 4.46. The molecular formula is C10H14BrN3. The van der Waals surface area contributed by atoms with Crippen LogP contribution in [0.3, 0.4) is 0 Å². The first-order valence-electron chi connectivity index (χ1n) is 4.98. The maximum Gasteiger partial charge on any atom is 0.146 e. The van der Waals surface area contributed by atoms with Crippen molar-refractivity contribution in [1.29, 1.82) is 0 Å². The van der Waals surface area contributed by atoms with Gasteiger partial charge < -0.3 is 4.90 Å². The summed E-state index contributed by atoms with van der Waals surface area (Å²) in [5.74, 6) is 1.88. The Balaban J connectivity index is 2.32. The molecule has 0 aliphatic heterocycles. The van der Waals surface area contributed by atoms with Gasteiger partial charge >= 0.3 is 0 Å². The van der Waals surface area contributed by atoms with Gasteiger partial charge in [-0.3, -0.25) is 0 Å². The van der Waals surface area contributed by atoms with Crippen molar-refractivity contribution >= 4 is 21.7 Å². The van der Waals surface area contributed by atoms with Crippen molar-refractivity contribution in [1.82, 2.24) is 9.97 Å². The van der Waals surface area contributed by atoms with Crippen LogP contribution in [0, 0.1) is 6.92 Å². The van der Waals surface area contributed by atoms with Crippen LogP contribution >= 0.6 is 15.9 Å². The number of rotatable bonds is 3. The van der Waals surface area contributed by atoms with Crippen molar-refractivity contribution in [3.8, 4) is 0 Å². The number of nitrogens with zero attached hydrogens (tertiary/aromatic N) is 3. The van der Waals surface area contributed by atoms with Crippen molar-refractivity contribution in [2.75, 3.05) is 11.4 Å². The topological polar surface area (TPSA) is 29.0 Å². The number of anilines is 1. The van der Waals surface area contributed by atoms with Gasteiger partial charge in [0, 0.05) is 18.8 Å². The first-order valence-corrected chi connectivity index (χ1v) is 5.77. The van der Waals surface area contributed by atoms with E-state index in [-0.39, 0.29) is 0 Å². The summed E-state index contributed by atoms with van der Waals surface area (Å²) in [6.07, 6.45) is 4.43. The van der Waals surface area contributed by atoms with Crippen LogP contribution < -0.4 is 4.90 Å². The molecule has 0 amide bonds. The molecule has 1 aromatic rings. The van der Waals surface area contributed by atoms with Gasteiger partial charge in [0.25, 0.3) is 0 Å². The fourth-order valence-corrected chi connectivity index (χ4v) is 2.03. The van der Waals surface area contributed by atoms with Crippen LogP contribution in [-0.4, -0.2) is 22.6 Å². The van der Waals surface area contributed by atoms with Gasteiger partial charge in [0.1, 0.15) is 11.6 Å². The molecule has 0 spiro atoms. The first-order chi connectivity index (χ1) is 6.72. The molecular weight excluding hydrogens is 242 g/mol. The Morgan fingerprint density at radius 3 is 2.86 bits per heavy atom. The zero-order valence-corrected chi connectivity index (χ0v) is 10.1. The molecule has 0 atom stereocenters. The van der Waals surface area contributed by atoms with Crippen LogP contribution in [-0.2, 0) is 0 Å². The van der Waals surface area contributed by atoms with E-state index in [1.54, 1.807) is 0 Å².